The normalized spacial score (nSPS) is 13.5. The van der Waals surface area contributed by atoms with E-state index in [9.17, 15) is 12.8 Å². The number of benzene rings is 1. The number of anilines is 1. The highest BCUT2D eigenvalue weighted by Gasteiger charge is 2.23. The largest absolute Gasteiger partial charge is 0.399 e. The fourth-order valence-electron chi connectivity index (χ4n) is 1.62. The number of halogens is 1. The summed E-state index contributed by atoms with van der Waals surface area (Å²) in [7, 11) is -3.95. The monoisotopic (exact) mass is 290 g/mol. The molecule has 1 rings (SSSR count). The molecule has 0 saturated heterocycles. The van der Waals surface area contributed by atoms with E-state index in [2.05, 4.69) is 4.72 Å². The molecule has 1 aromatic rings. The molecule has 0 saturated carbocycles. The van der Waals surface area contributed by atoms with E-state index in [-0.39, 0.29) is 17.9 Å². The lowest BCUT2D eigenvalue weighted by Crippen LogP contribution is -2.36. The number of sulfonamides is 1. The molecule has 0 bridgehead atoms. The van der Waals surface area contributed by atoms with Gasteiger partial charge in [-0.2, -0.15) is 0 Å². The van der Waals surface area contributed by atoms with Gasteiger partial charge in [-0.05, 0) is 38.5 Å². The number of hydrogen-bond acceptors (Lipinski definition) is 4. The molecule has 0 aliphatic carbocycles. The predicted molar refractivity (Wildman–Crippen MR) is 71.8 cm³/mol. The molecular weight excluding hydrogens is 271 g/mol. The van der Waals surface area contributed by atoms with Crippen LogP contribution in [0.4, 0.5) is 10.1 Å². The predicted octanol–water partition coefficient (Wildman–Crippen LogP) is 1.42. The lowest BCUT2D eigenvalue weighted by Gasteiger charge is -2.15. The SMILES string of the molecule is CCOCC(C)NS(=O)(=O)c1cc(N)cc(C)c1F. The van der Waals surface area contributed by atoms with E-state index >= 15 is 0 Å². The van der Waals surface area contributed by atoms with Gasteiger partial charge in [0.25, 0.3) is 0 Å². The number of nitrogens with two attached hydrogens (primary N) is 1. The molecule has 0 heterocycles. The Bertz CT molecular complexity index is 546. The summed E-state index contributed by atoms with van der Waals surface area (Å²) in [6.07, 6.45) is 0. The van der Waals surface area contributed by atoms with Crippen LogP contribution in [-0.2, 0) is 14.8 Å². The Morgan fingerprint density at radius 1 is 1.47 bits per heavy atom. The van der Waals surface area contributed by atoms with Crippen molar-refractivity contribution in [1.82, 2.24) is 4.72 Å². The van der Waals surface area contributed by atoms with E-state index in [1.807, 2.05) is 6.92 Å². The molecule has 0 aliphatic rings. The third-order valence-electron chi connectivity index (χ3n) is 2.46. The van der Waals surface area contributed by atoms with Gasteiger partial charge in [0.05, 0.1) is 6.61 Å². The topological polar surface area (TPSA) is 81.4 Å². The van der Waals surface area contributed by atoms with Crippen molar-refractivity contribution in [3.8, 4) is 0 Å². The first kappa shape index (κ1) is 15.9. The summed E-state index contributed by atoms with van der Waals surface area (Å²) in [5.74, 6) is -0.787. The van der Waals surface area contributed by atoms with Crippen molar-refractivity contribution < 1.29 is 17.5 Å². The number of nitrogens with one attached hydrogen (secondary N) is 1. The van der Waals surface area contributed by atoms with Crippen molar-refractivity contribution in [3.05, 3.63) is 23.5 Å². The Kier molecular flexibility index (Phi) is 5.28. The zero-order chi connectivity index (χ0) is 14.6. The number of hydrogen-bond donors (Lipinski definition) is 2. The smallest absolute Gasteiger partial charge is 0.243 e. The van der Waals surface area contributed by atoms with Crippen LogP contribution in [0, 0.1) is 12.7 Å². The van der Waals surface area contributed by atoms with Gasteiger partial charge in [-0.1, -0.05) is 0 Å². The summed E-state index contributed by atoms with van der Waals surface area (Å²) in [5, 5.41) is 0. The zero-order valence-corrected chi connectivity index (χ0v) is 12.1. The second kappa shape index (κ2) is 6.31. The van der Waals surface area contributed by atoms with Crippen molar-refractivity contribution in [1.29, 1.82) is 0 Å². The van der Waals surface area contributed by atoms with Gasteiger partial charge in [0.1, 0.15) is 10.7 Å². The average Bonchev–Trinajstić information content (AvgIpc) is 2.30. The van der Waals surface area contributed by atoms with Crippen molar-refractivity contribution in [2.75, 3.05) is 18.9 Å². The van der Waals surface area contributed by atoms with Gasteiger partial charge in [-0.15, -0.1) is 0 Å². The van der Waals surface area contributed by atoms with Crippen LogP contribution in [-0.4, -0.2) is 27.7 Å². The van der Waals surface area contributed by atoms with Crippen molar-refractivity contribution in [2.24, 2.45) is 0 Å². The van der Waals surface area contributed by atoms with Gasteiger partial charge >= 0.3 is 0 Å². The first-order chi connectivity index (χ1) is 8.77. The molecule has 3 N–H and O–H groups in total. The van der Waals surface area contributed by atoms with Crippen LogP contribution < -0.4 is 10.5 Å². The first-order valence-corrected chi connectivity index (χ1v) is 7.42. The van der Waals surface area contributed by atoms with Crippen LogP contribution in [0.1, 0.15) is 19.4 Å². The molecule has 0 radical (unpaired) electrons. The van der Waals surface area contributed by atoms with Gasteiger partial charge in [0.15, 0.2) is 0 Å². The third kappa shape index (κ3) is 4.15. The minimum absolute atomic E-state index is 0.192. The van der Waals surface area contributed by atoms with Crippen LogP contribution in [0.5, 0.6) is 0 Å². The summed E-state index contributed by atoms with van der Waals surface area (Å²) in [5.41, 5.74) is 5.95. The Labute approximate surface area is 113 Å². The van der Waals surface area contributed by atoms with Gasteiger partial charge < -0.3 is 10.5 Å². The number of nitrogen functional groups attached to an aromatic ring is 1. The highest BCUT2D eigenvalue weighted by atomic mass is 32.2. The third-order valence-corrected chi connectivity index (χ3v) is 4.05. The van der Waals surface area contributed by atoms with Crippen LogP contribution in [0.25, 0.3) is 0 Å². The zero-order valence-electron chi connectivity index (χ0n) is 11.2. The lowest BCUT2D eigenvalue weighted by atomic mass is 10.2. The standard InChI is InChI=1S/C12H19FN2O3S/c1-4-18-7-9(3)15-19(16,17)11-6-10(14)5-8(2)12(11)13/h5-6,9,15H,4,7,14H2,1-3H3. The van der Waals surface area contributed by atoms with E-state index in [1.165, 1.54) is 13.0 Å². The van der Waals surface area contributed by atoms with Gasteiger partial charge in [0.2, 0.25) is 10.0 Å². The molecule has 1 unspecified atom stereocenters. The second-order valence-corrected chi connectivity index (χ2v) is 6.01. The Morgan fingerprint density at radius 3 is 2.68 bits per heavy atom. The average molecular weight is 290 g/mol. The van der Waals surface area contributed by atoms with Crippen LogP contribution in [0.3, 0.4) is 0 Å². The second-order valence-electron chi connectivity index (χ2n) is 4.33. The maximum Gasteiger partial charge on any atom is 0.243 e. The summed E-state index contributed by atoms with van der Waals surface area (Å²) in [6.45, 7) is 5.62. The van der Waals surface area contributed by atoms with E-state index in [0.717, 1.165) is 6.07 Å². The van der Waals surface area contributed by atoms with Crippen LogP contribution in [0.15, 0.2) is 17.0 Å². The molecule has 0 aromatic heterocycles. The summed E-state index contributed by atoms with van der Waals surface area (Å²) in [4.78, 5) is -0.437. The fraction of sp³-hybridized carbons (Fsp3) is 0.500. The molecule has 5 nitrogen and oxygen atoms in total. The molecule has 0 amide bonds. The molecule has 19 heavy (non-hydrogen) atoms. The molecule has 0 spiro atoms. The molecule has 0 aliphatic heterocycles. The number of aryl methyl sites for hydroxylation is 1. The van der Waals surface area contributed by atoms with E-state index in [0.29, 0.717) is 6.61 Å². The molecule has 7 heteroatoms. The maximum absolute atomic E-state index is 13.9. The molecule has 1 aromatic carbocycles. The summed E-state index contributed by atoms with van der Waals surface area (Å²) >= 11 is 0. The highest BCUT2D eigenvalue weighted by Crippen LogP contribution is 2.21. The number of rotatable bonds is 6. The minimum Gasteiger partial charge on any atom is -0.399 e. The van der Waals surface area contributed by atoms with E-state index in [1.54, 1.807) is 6.92 Å². The van der Waals surface area contributed by atoms with E-state index < -0.39 is 26.8 Å². The minimum atomic E-state index is -3.95. The van der Waals surface area contributed by atoms with Crippen LogP contribution >= 0.6 is 0 Å². The van der Waals surface area contributed by atoms with E-state index in [4.69, 9.17) is 10.5 Å². The van der Waals surface area contributed by atoms with Crippen molar-refractivity contribution >= 4 is 15.7 Å². The Balaban J connectivity index is 3.01. The molecular formula is C12H19FN2O3S. The summed E-state index contributed by atoms with van der Waals surface area (Å²) < 4.78 is 45.5. The van der Waals surface area contributed by atoms with Crippen LogP contribution in [0.2, 0.25) is 0 Å². The molecule has 108 valence electrons. The number of ether oxygens (including phenoxy) is 1. The first-order valence-electron chi connectivity index (χ1n) is 5.93. The van der Waals surface area contributed by atoms with Gasteiger partial charge in [-0.3, -0.25) is 0 Å². The van der Waals surface area contributed by atoms with Crippen molar-refractivity contribution in [2.45, 2.75) is 31.7 Å². The Hall–Kier alpha value is -1.18. The lowest BCUT2D eigenvalue weighted by molar-refractivity contribution is 0.133. The fourth-order valence-corrected chi connectivity index (χ4v) is 3.03. The molecule has 1 atom stereocenters. The Morgan fingerprint density at radius 2 is 2.11 bits per heavy atom. The van der Waals surface area contributed by atoms with Gasteiger partial charge in [0, 0.05) is 18.3 Å². The van der Waals surface area contributed by atoms with Crippen molar-refractivity contribution in [3.63, 3.8) is 0 Å². The summed E-state index contributed by atoms with van der Waals surface area (Å²) in [6, 6.07) is 2.04. The highest BCUT2D eigenvalue weighted by molar-refractivity contribution is 7.89. The quantitative estimate of drug-likeness (QED) is 0.776. The molecule has 0 fully saturated rings. The van der Waals surface area contributed by atoms with Gasteiger partial charge in [-0.25, -0.2) is 17.5 Å². The maximum atomic E-state index is 13.9.